The Morgan fingerprint density at radius 3 is 2.89 bits per heavy atom. The molecule has 0 fully saturated rings. The van der Waals surface area contributed by atoms with Crippen LogP contribution in [0.2, 0.25) is 0 Å². The van der Waals surface area contributed by atoms with Crippen LogP contribution < -0.4 is 5.73 Å². The predicted molar refractivity (Wildman–Crippen MR) is 71.6 cm³/mol. The molecule has 1 aromatic carbocycles. The number of thiazole rings is 1. The third kappa shape index (κ3) is 2.87. The molecule has 4 nitrogen and oxygen atoms in total. The summed E-state index contributed by atoms with van der Waals surface area (Å²) >= 11 is 1.48. The van der Waals surface area contributed by atoms with Gasteiger partial charge >= 0.3 is 5.97 Å². The van der Waals surface area contributed by atoms with Crippen molar-refractivity contribution in [3.05, 3.63) is 45.4 Å². The molecule has 0 aliphatic rings. The summed E-state index contributed by atoms with van der Waals surface area (Å²) in [7, 11) is 0. The number of carbonyl (C=O) groups is 1. The number of anilines is 1. The molecule has 18 heavy (non-hydrogen) atoms. The van der Waals surface area contributed by atoms with Crippen molar-refractivity contribution >= 4 is 23.0 Å². The monoisotopic (exact) mass is 262 g/mol. The molecule has 5 heteroatoms. The number of nitrogens with two attached hydrogens (primary N) is 1. The summed E-state index contributed by atoms with van der Waals surface area (Å²) in [5.41, 5.74) is 8.50. The molecule has 0 aliphatic heterocycles. The van der Waals surface area contributed by atoms with Gasteiger partial charge in [0, 0.05) is 16.8 Å². The van der Waals surface area contributed by atoms with Gasteiger partial charge in [-0.1, -0.05) is 6.07 Å². The second-order valence-corrected chi connectivity index (χ2v) is 4.98. The lowest BCUT2D eigenvalue weighted by Gasteiger charge is -2.06. The molecule has 0 spiro atoms. The van der Waals surface area contributed by atoms with Crippen LogP contribution in [0.5, 0.6) is 0 Å². The van der Waals surface area contributed by atoms with Crippen LogP contribution in [0, 0.1) is 13.8 Å². The highest BCUT2D eigenvalue weighted by Crippen LogP contribution is 2.16. The molecule has 0 amide bonds. The Bertz CT molecular complexity index is 578. The van der Waals surface area contributed by atoms with Gasteiger partial charge in [0.1, 0.15) is 11.6 Å². The lowest BCUT2D eigenvalue weighted by Crippen LogP contribution is -2.07. The molecule has 0 radical (unpaired) electrons. The van der Waals surface area contributed by atoms with Gasteiger partial charge in [-0.05, 0) is 31.5 Å². The van der Waals surface area contributed by atoms with E-state index in [1.165, 1.54) is 11.3 Å². The topological polar surface area (TPSA) is 65.2 Å². The standard InChI is InChI=1S/C13H14N2O2S/c1-8-3-4-10(14)5-11(8)13(16)17-6-12-15-9(2)7-18-12/h3-5,7H,6,14H2,1-2H3. The Morgan fingerprint density at radius 2 is 2.22 bits per heavy atom. The first kappa shape index (κ1) is 12.6. The molecular formula is C13H14N2O2S. The third-order valence-electron chi connectivity index (χ3n) is 2.47. The molecule has 0 atom stereocenters. The Balaban J connectivity index is 2.05. The molecule has 1 heterocycles. The van der Waals surface area contributed by atoms with Gasteiger partial charge in [0.2, 0.25) is 0 Å². The van der Waals surface area contributed by atoms with Gasteiger partial charge in [-0.25, -0.2) is 9.78 Å². The zero-order valence-corrected chi connectivity index (χ0v) is 11.1. The smallest absolute Gasteiger partial charge is 0.338 e. The zero-order valence-electron chi connectivity index (χ0n) is 10.3. The van der Waals surface area contributed by atoms with E-state index in [9.17, 15) is 4.79 Å². The van der Waals surface area contributed by atoms with Crippen LogP contribution in [0.25, 0.3) is 0 Å². The molecule has 0 saturated heterocycles. The van der Waals surface area contributed by atoms with Crippen molar-refractivity contribution in [3.63, 3.8) is 0 Å². The van der Waals surface area contributed by atoms with Crippen molar-refractivity contribution in [2.75, 3.05) is 5.73 Å². The molecule has 1 aromatic heterocycles. The van der Waals surface area contributed by atoms with E-state index in [0.29, 0.717) is 11.3 Å². The number of nitrogens with zero attached hydrogens (tertiary/aromatic N) is 1. The summed E-state index contributed by atoms with van der Waals surface area (Å²) in [5, 5.41) is 2.72. The van der Waals surface area contributed by atoms with Crippen molar-refractivity contribution < 1.29 is 9.53 Å². The van der Waals surface area contributed by atoms with E-state index in [-0.39, 0.29) is 12.6 Å². The number of carbonyl (C=O) groups excluding carboxylic acids is 1. The average molecular weight is 262 g/mol. The number of esters is 1. The van der Waals surface area contributed by atoms with E-state index in [4.69, 9.17) is 10.5 Å². The number of ether oxygens (including phenoxy) is 1. The highest BCUT2D eigenvalue weighted by Gasteiger charge is 2.11. The van der Waals surface area contributed by atoms with Gasteiger partial charge in [-0.2, -0.15) is 0 Å². The number of aromatic nitrogens is 1. The van der Waals surface area contributed by atoms with Gasteiger partial charge in [-0.15, -0.1) is 11.3 Å². The molecule has 2 N–H and O–H groups in total. The van der Waals surface area contributed by atoms with Crippen LogP contribution in [0.3, 0.4) is 0 Å². The lowest BCUT2D eigenvalue weighted by atomic mass is 10.1. The Kier molecular flexibility index (Phi) is 3.62. The normalized spacial score (nSPS) is 10.3. The van der Waals surface area contributed by atoms with E-state index >= 15 is 0 Å². The number of nitrogen functional groups attached to an aromatic ring is 1. The van der Waals surface area contributed by atoms with E-state index < -0.39 is 0 Å². The van der Waals surface area contributed by atoms with Gasteiger partial charge in [0.15, 0.2) is 0 Å². The predicted octanol–water partition coefficient (Wildman–Crippen LogP) is 2.70. The molecule has 0 unspecified atom stereocenters. The van der Waals surface area contributed by atoms with E-state index in [0.717, 1.165) is 16.3 Å². The fraction of sp³-hybridized carbons (Fsp3) is 0.231. The molecule has 2 aromatic rings. The number of hydrogen-bond acceptors (Lipinski definition) is 5. The first-order valence-electron chi connectivity index (χ1n) is 5.50. The minimum Gasteiger partial charge on any atom is -0.455 e. The first-order chi connectivity index (χ1) is 8.56. The van der Waals surface area contributed by atoms with Crippen molar-refractivity contribution in [1.29, 1.82) is 0 Å². The summed E-state index contributed by atoms with van der Waals surface area (Å²) in [5.74, 6) is -0.368. The quantitative estimate of drug-likeness (QED) is 0.682. The third-order valence-corrected chi connectivity index (χ3v) is 3.42. The fourth-order valence-electron chi connectivity index (χ4n) is 1.53. The fourth-order valence-corrected chi connectivity index (χ4v) is 2.22. The van der Waals surface area contributed by atoms with Gasteiger partial charge in [-0.3, -0.25) is 0 Å². The average Bonchev–Trinajstić information content (AvgIpc) is 2.75. The van der Waals surface area contributed by atoms with Crippen LogP contribution >= 0.6 is 11.3 Å². The molecular weight excluding hydrogens is 248 g/mol. The largest absolute Gasteiger partial charge is 0.455 e. The summed E-state index contributed by atoms with van der Waals surface area (Å²) in [4.78, 5) is 16.1. The number of rotatable bonds is 3. The number of hydrogen-bond donors (Lipinski definition) is 1. The Morgan fingerprint density at radius 1 is 1.44 bits per heavy atom. The second-order valence-electron chi connectivity index (χ2n) is 4.03. The maximum absolute atomic E-state index is 11.9. The van der Waals surface area contributed by atoms with Crippen molar-refractivity contribution in [1.82, 2.24) is 4.98 Å². The maximum Gasteiger partial charge on any atom is 0.338 e. The van der Waals surface area contributed by atoms with Crippen LogP contribution in [0.15, 0.2) is 23.6 Å². The highest BCUT2D eigenvalue weighted by molar-refractivity contribution is 7.09. The van der Waals surface area contributed by atoms with Gasteiger partial charge < -0.3 is 10.5 Å². The van der Waals surface area contributed by atoms with E-state index in [2.05, 4.69) is 4.98 Å². The SMILES string of the molecule is Cc1csc(COC(=O)c2cc(N)ccc2C)n1. The summed E-state index contributed by atoms with van der Waals surface area (Å²) in [6.45, 7) is 3.96. The summed E-state index contributed by atoms with van der Waals surface area (Å²) < 4.78 is 5.22. The van der Waals surface area contributed by atoms with Crippen molar-refractivity contribution in [3.8, 4) is 0 Å². The lowest BCUT2D eigenvalue weighted by molar-refractivity contribution is 0.0471. The Labute approximate surface area is 109 Å². The van der Waals surface area contributed by atoms with Crippen molar-refractivity contribution in [2.45, 2.75) is 20.5 Å². The van der Waals surface area contributed by atoms with Crippen LogP contribution in [-0.2, 0) is 11.3 Å². The van der Waals surface area contributed by atoms with Crippen LogP contribution in [-0.4, -0.2) is 11.0 Å². The van der Waals surface area contributed by atoms with Crippen molar-refractivity contribution in [2.24, 2.45) is 0 Å². The second kappa shape index (κ2) is 5.18. The number of aryl methyl sites for hydroxylation is 2. The van der Waals surface area contributed by atoms with E-state index in [1.54, 1.807) is 18.2 Å². The summed E-state index contributed by atoms with van der Waals surface area (Å²) in [6, 6.07) is 5.19. The minimum absolute atomic E-state index is 0.200. The van der Waals surface area contributed by atoms with E-state index in [1.807, 2.05) is 19.2 Å². The minimum atomic E-state index is -0.368. The molecule has 0 bridgehead atoms. The first-order valence-corrected chi connectivity index (χ1v) is 6.38. The zero-order chi connectivity index (χ0) is 13.1. The highest BCUT2D eigenvalue weighted by atomic mass is 32.1. The van der Waals surface area contributed by atoms with Crippen LogP contribution in [0.1, 0.15) is 26.6 Å². The molecule has 0 saturated carbocycles. The Hall–Kier alpha value is -1.88. The molecule has 2 rings (SSSR count). The van der Waals surface area contributed by atoms with Gasteiger partial charge in [0.05, 0.1) is 5.56 Å². The summed E-state index contributed by atoms with van der Waals surface area (Å²) in [6.07, 6.45) is 0. The molecule has 0 aliphatic carbocycles. The maximum atomic E-state index is 11.9. The van der Waals surface area contributed by atoms with Gasteiger partial charge in [0.25, 0.3) is 0 Å². The molecule has 94 valence electrons. The van der Waals surface area contributed by atoms with Crippen LogP contribution in [0.4, 0.5) is 5.69 Å². The number of benzene rings is 1.